The first-order valence-electron chi connectivity index (χ1n) is 7.98. The van der Waals surface area contributed by atoms with Crippen molar-refractivity contribution < 1.29 is 18.0 Å². The zero-order chi connectivity index (χ0) is 19.8. The van der Waals surface area contributed by atoms with Gasteiger partial charge in [0.15, 0.2) is 0 Å². The van der Waals surface area contributed by atoms with Gasteiger partial charge in [0.1, 0.15) is 0 Å². The number of carbonyl (C=O) groups excluding carboxylic acids is 1. The lowest BCUT2D eigenvalue weighted by Gasteiger charge is -2.11. The molecule has 0 aliphatic heterocycles. The molecule has 27 heavy (non-hydrogen) atoms. The van der Waals surface area contributed by atoms with Gasteiger partial charge in [-0.05, 0) is 44.2 Å². The molecule has 8 heteroatoms. The van der Waals surface area contributed by atoms with Gasteiger partial charge in [-0.15, -0.1) is 0 Å². The van der Waals surface area contributed by atoms with Crippen LogP contribution in [-0.4, -0.2) is 15.7 Å². The highest BCUT2D eigenvalue weighted by atomic mass is 35.5. The van der Waals surface area contributed by atoms with Crippen molar-refractivity contribution in [2.24, 2.45) is 0 Å². The minimum absolute atomic E-state index is 0.0981. The molecule has 3 rings (SSSR count). The van der Waals surface area contributed by atoms with Crippen LogP contribution < -0.4 is 5.32 Å². The van der Waals surface area contributed by atoms with Gasteiger partial charge in [-0.25, -0.2) is 4.68 Å². The Bertz CT molecular complexity index is 997. The summed E-state index contributed by atoms with van der Waals surface area (Å²) < 4.78 is 39.9. The highest BCUT2D eigenvalue weighted by Crippen LogP contribution is 2.34. The van der Waals surface area contributed by atoms with E-state index in [1.54, 1.807) is 18.5 Å². The van der Waals surface area contributed by atoms with Crippen molar-refractivity contribution in [3.63, 3.8) is 0 Å². The highest BCUT2D eigenvalue weighted by molar-refractivity contribution is 6.34. The lowest BCUT2D eigenvalue weighted by atomic mass is 10.1. The number of nitrogens with zero attached hydrogens (tertiary/aromatic N) is 2. The predicted octanol–water partition coefficient (Wildman–Crippen LogP) is 5.41. The Morgan fingerprint density at radius 3 is 2.37 bits per heavy atom. The van der Waals surface area contributed by atoms with Crippen molar-refractivity contribution in [2.75, 3.05) is 5.32 Å². The number of rotatable bonds is 3. The zero-order valence-electron chi connectivity index (χ0n) is 14.4. The van der Waals surface area contributed by atoms with Crippen LogP contribution in [0.1, 0.15) is 27.3 Å². The number of nitrogens with one attached hydrogen (secondary N) is 1. The minimum Gasteiger partial charge on any atom is -0.321 e. The molecule has 0 radical (unpaired) electrons. The summed E-state index contributed by atoms with van der Waals surface area (Å²) in [6.07, 6.45) is -4.50. The Morgan fingerprint density at radius 2 is 1.78 bits per heavy atom. The average molecular weight is 394 g/mol. The number of hydrogen-bond donors (Lipinski definition) is 1. The van der Waals surface area contributed by atoms with Gasteiger partial charge in [0, 0.05) is 0 Å². The van der Waals surface area contributed by atoms with Crippen LogP contribution in [0.2, 0.25) is 5.02 Å². The molecule has 1 aromatic heterocycles. The second-order valence-corrected chi connectivity index (χ2v) is 6.35. The predicted molar refractivity (Wildman–Crippen MR) is 97.4 cm³/mol. The quantitative estimate of drug-likeness (QED) is 0.646. The number of benzene rings is 2. The molecule has 3 aromatic rings. The molecule has 0 bridgehead atoms. The fourth-order valence-corrected chi connectivity index (χ4v) is 3.00. The van der Waals surface area contributed by atoms with E-state index in [-0.39, 0.29) is 10.7 Å². The van der Waals surface area contributed by atoms with Gasteiger partial charge in [0.2, 0.25) is 0 Å². The molecule has 4 nitrogen and oxygen atoms in total. The van der Waals surface area contributed by atoms with E-state index in [0.29, 0.717) is 17.0 Å². The molecule has 1 heterocycles. The van der Waals surface area contributed by atoms with Crippen molar-refractivity contribution in [1.29, 1.82) is 0 Å². The normalized spacial score (nSPS) is 11.5. The van der Waals surface area contributed by atoms with E-state index in [1.165, 1.54) is 0 Å². The largest absolute Gasteiger partial charge is 0.416 e. The van der Waals surface area contributed by atoms with E-state index in [1.807, 2.05) is 30.3 Å². The topological polar surface area (TPSA) is 46.9 Å². The molecule has 0 saturated heterocycles. The van der Waals surface area contributed by atoms with Gasteiger partial charge >= 0.3 is 6.18 Å². The van der Waals surface area contributed by atoms with E-state index in [4.69, 9.17) is 11.6 Å². The first-order valence-corrected chi connectivity index (χ1v) is 8.36. The minimum atomic E-state index is -4.50. The summed E-state index contributed by atoms with van der Waals surface area (Å²) in [6, 6.07) is 12.1. The Kier molecular flexibility index (Phi) is 4.97. The van der Waals surface area contributed by atoms with Crippen LogP contribution in [0.5, 0.6) is 0 Å². The average Bonchev–Trinajstić information content (AvgIpc) is 2.91. The molecule has 0 atom stereocenters. The number of aromatic nitrogens is 2. The van der Waals surface area contributed by atoms with Gasteiger partial charge in [-0.1, -0.05) is 29.8 Å². The number of anilines is 1. The number of aryl methyl sites for hydroxylation is 1. The van der Waals surface area contributed by atoms with Crippen LogP contribution in [0.3, 0.4) is 0 Å². The summed E-state index contributed by atoms with van der Waals surface area (Å²) >= 11 is 5.91. The molecule has 0 aliphatic carbocycles. The molecule has 0 fully saturated rings. The lowest BCUT2D eigenvalue weighted by molar-refractivity contribution is -0.137. The first kappa shape index (κ1) is 19.0. The van der Waals surface area contributed by atoms with Crippen molar-refractivity contribution >= 4 is 23.2 Å². The van der Waals surface area contributed by atoms with Crippen LogP contribution >= 0.6 is 11.6 Å². The zero-order valence-corrected chi connectivity index (χ0v) is 15.2. The number of alkyl halides is 3. The Morgan fingerprint density at radius 1 is 1.11 bits per heavy atom. The van der Waals surface area contributed by atoms with Gasteiger partial charge in [-0.3, -0.25) is 4.79 Å². The maximum Gasteiger partial charge on any atom is 0.416 e. The summed E-state index contributed by atoms with van der Waals surface area (Å²) in [5.74, 6) is -0.492. The Balaban J connectivity index is 1.91. The number of amides is 1. The van der Waals surface area contributed by atoms with Crippen LogP contribution in [0, 0.1) is 13.8 Å². The maximum absolute atomic E-state index is 12.7. The lowest BCUT2D eigenvalue weighted by Crippen LogP contribution is -2.15. The van der Waals surface area contributed by atoms with Crippen molar-refractivity contribution in [3.8, 4) is 5.69 Å². The molecular formula is C19H15ClF3N3O. The summed E-state index contributed by atoms with van der Waals surface area (Å²) in [7, 11) is 0. The van der Waals surface area contributed by atoms with Crippen molar-refractivity contribution in [3.05, 3.63) is 76.1 Å². The van der Waals surface area contributed by atoms with Gasteiger partial charge in [0.05, 0.1) is 38.9 Å². The fourth-order valence-electron chi connectivity index (χ4n) is 2.77. The first-order chi connectivity index (χ1) is 12.7. The van der Waals surface area contributed by atoms with E-state index in [0.717, 1.165) is 23.9 Å². The third-order valence-corrected chi connectivity index (χ3v) is 4.38. The van der Waals surface area contributed by atoms with Crippen molar-refractivity contribution in [2.45, 2.75) is 20.0 Å². The van der Waals surface area contributed by atoms with E-state index < -0.39 is 17.6 Å². The van der Waals surface area contributed by atoms with E-state index in [2.05, 4.69) is 10.4 Å². The molecule has 0 unspecified atom stereocenters. The Hall–Kier alpha value is -2.80. The molecule has 0 saturated carbocycles. The van der Waals surface area contributed by atoms with Crippen LogP contribution in [0.25, 0.3) is 5.69 Å². The maximum atomic E-state index is 12.7. The second-order valence-electron chi connectivity index (χ2n) is 5.94. The molecule has 140 valence electrons. The van der Waals surface area contributed by atoms with E-state index >= 15 is 0 Å². The van der Waals surface area contributed by atoms with Crippen LogP contribution in [-0.2, 0) is 6.18 Å². The molecule has 0 aliphatic rings. The third kappa shape index (κ3) is 3.83. The molecular weight excluding hydrogens is 379 g/mol. The Labute approximate surface area is 158 Å². The molecule has 1 amide bonds. The standard InChI is InChI=1S/C19H15ClF3N3O/c1-11-17(12(2)26(25-11)14-6-4-3-5-7-14)18(27)24-16-9-8-13(10-15(16)20)19(21,22)23/h3-10H,1-2H3,(H,24,27). The third-order valence-electron chi connectivity index (χ3n) is 4.06. The summed E-state index contributed by atoms with van der Waals surface area (Å²) in [5.41, 5.74) is 1.46. The number of carbonyl (C=O) groups is 1. The molecule has 2 aromatic carbocycles. The summed E-state index contributed by atoms with van der Waals surface area (Å²) in [4.78, 5) is 12.7. The summed E-state index contributed by atoms with van der Waals surface area (Å²) in [6.45, 7) is 3.44. The number of para-hydroxylation sites is 1. The highest BCUT2D eigenvalue weighted by Gasteiger charge is 2.31. The van der Waals surface area contributed by atoms with Gasteiger partial charge in [-0.2, -0.15) is 18.3 Å². The number of hydrogen-bond acceptors (Lipinski definition) is 2. The summed E-state index contributed by atoms with van der Waals surface area (Å²) in [5, 5.41) is 6.76. The SMILES string of the molecule is Cc1nn(-c2ccccc2)c(C)c1C(=O)Nc1ccc(C(F)(F)F)cc1Cl. The smallest absolute Gasteiger partial charge is 0.321 e. The van der Waals surface area contributed by atoms with Crippen LogP contribution in [0.4, 0.5) is 18.9 Å². The molecule has 0 spiro atoms. The van der Waals surface area contributed by atoms with Gasteiger partial charge in [0.25, 0.3) is 5.91 Å². The number of halogens is 4. The van der Waals surface area contributed by atoms with Crippen molar-refractivity contribution in [1.82, 2.24) is 9.78 Å². The van der Waals surface area contributed by atoms with Gasteiger partial charge < -0.3 is 5.32 Å². The second kappa shape index (κ2) is 7.08. The monoisotopic (exact) mass is 393 g/mol. The van der Waals surface area contributed by atoms with E-state index in [9.17, 15) is 18.0 Å². The fraction of sp³-hybridized carbons (Fsp3) is 0.158. The molecule has 1 N–H and O–H groups in total. The van der Waals surface area contributed by atoms with Crippen LogP contribution in [0.15, 0.2) is 48.5 Å².